The molecule has 0 amide bonds. The molecule has 14 heavy (non-hydrogen) atoms. The zero-order chi connectivity index (χ0) is 9.80. The molecular weight excluding hydrogens is 212 g/mol. The van der Waals surface area contributed by atoms with Crippen molar-refractivity contribution in [2.45, 2.75) is 10.3 Å². The van der Waals surface area contributed by atoms with Gasteiger partial charge in [-0.2, -0.15) is 0 Å². The zero-order valence-corrected chi connectivity index (χ0v) is 10.0. The highest BCUT2D eigenvalue weighted by molar-refractivity contribution is 8.01. The van der Waals surface area contributed by atoms with Crippen molar-refractivity contribution in [3.63, 3.8) is 0 Å². The molecule has 4 heteroatoms. The molecule has 1 atom stereocenters. The van der Waals surface area contributed by atoms with Gasteiger partial charge in [0.25, 0.3) is 0 Å². The first-order valence-electron chi connectivity index (χ1n) is 4.93. The maximum absolute atomic E-state index is 3.55. The number of hydrogen-bond donors (Lipinski definition) is 1. The number of hydrogen-bond acceptors (Lipinski definition) is 4. The summed E-state index contributed by atoms with van der Waals surface area (Å²) >= 11 is 3.80. The Hall–Kier alpha value is -0.0300. The smallest absolute Gasteiger partial charge is 0.0599 e. The Kier molecular flexibility index (Phi) is 3.87. The molecule has 2 nitrogen and oxygen atoms in total. The monoisotopic (exact) mass is 228 g/mol. The van der Waals surface area contributed by atoms with Gasteiger partial charge in [-0.15, -0.1) is 23.1 Å². The van der Waals surface area contributed by atoms with Crippen molar-refractivity contribution in [3.8, 4) is 0 Å². The lowest BCUT2D eigenvalue weighted by molar-refractivity contribution is 0.250. The van der Waals surface area contributed by atoms with Crippen molar-refractivity contribution >= 4 is 23.1 Å². The molecule has 1 aromatic rings. The standard InChI is InChI=1S/C10H16N2S2/c1-12-5-4-11-9(7-12)8-14-10-3-2-6-13-10/h2-3,6,9,11H,4-5,7-8H2,1H3. The number of likely N-dealkylation sites (N-methyl/N-ethyl adjacent to an activating group) is 1. The maximum atomic E-state index is 3.55. The summed E-state index contributed by atoms with van der Waals surface area (Å²) in [4.78, 5) is 2.40. The van der Waals surface area contributed by atoms with Crippen LogP contribution in [-0.4, -0.2) is 43.4 Å². The van der Waals surface area contributed by atoms with Gasteiger partial charge in [0.05, 0.1) is 4.21 Å². The van der Waals surface area contributed by atoms with Crippen LogP contribution in [0.4, 0.5) is 0 Å². The van der Waals surface area contributed by atoms with Crippen molar-refractivity contribution in [2.24, 2.45) is 0 Å². The van der Waals surface area contributed by atoms with E-state index >= 15 is 0 Å². The summed E-state index contributed by atoms with van der Waals surface area (Å²) < 4.78 is 1.43. The quantitative estimate of drug-likeness (QED) is 0.794. The summed E-state index contributed by atoms with van der Waals surface area (Å²) in [5.74, 6) is 1.19. The van der Waals surface area contributed by atoms with Crippen LogP contribution in [0.3, 0.4) is 0 Å². The Balaban J connectivity index is 1.75. The van der Waals surface area contributed by atoms with E-state index in [1.807, 2.05) is 23.1 Å². The summed E-state index contributed by atoms with van der Waals surface area (Å²) in [5, 5.41) is 5.70. The summed E-state index contributed by atoms with van der Waals surface area (Å²) in [7, 11) is 2.20. The minimum Gasteiger partial charge on any atom is -0.311 e. The number of nitrogens with zero attached hydrogens (tertiary/aromatic N) is 1. The highest BCUT2D eigenvalue weighted by Gasteiger charge is 2.16. The predicted octanol–water partition coefficient (Wildman–Crippen LogP) is 1.74. The first-order chi connectivity index (χ1) is 6.84. The van der Waals surface area contributed by atoms with Crippen LogP contribution in [0.5, 0.6) is 0 Å². The van der Waals surface area contributed by atoms with Gasteiger partial charge in [0.2, 0.25) is 0 Å². The Bertz CT molecular complexity index is 261. The molecule has 0 spiro atoms. The minimum absolute atomic E-state index is 0.654. The number of thiophene rings is 1. The van der Waals surface area contributed by atoms with E-state index in [0.29, 0.717) is 6.04 Å². The average molecular weight is 228 g/mol. The minimum atomic E-state index is 0.654. The second kappa shape index (κ2) is 5.16. The van der Waals surface area contributed by atoms with E-state index in [2.05, 4.69) is 34.8 Å². The third-order valence-electron chi connectivity index (χ3n) is 2.38. The number of thioether (sulfide) groups is 1. The second-order valence-electron chi connectivity index (χ2n) is 3.66. The van der Waals surface area contributed by atoms with E-state index in [9.17, 15) is 0 Å². The third kappa shape index (κ3) is 2.98. The topological polar surface area (TPSA) is 15.3 Å². The largest absolute Gasteiger partial charge is 0.311 e. The highest BCUT2D eigenvalue weighted by atomic mass is 32.2. The van der Waals surface area contributed by atoms with Crippen LogP contribution in [-0.2, 0) is 0 Å². The Morgan fingerprint density at radius 2 is 2.64 bits per heavy atom. The van der Waals surface area contributed by atoms with Gasteiger partial charge in [-0.1, -0.05) is 6.07 Å². The van der Waals surface area contributed by atoms with Crippen LogP contribution >= 0.6 is 23.1 Å². The van der Waals surface area contributed by atoms with Gasteiger partial charge < -0.3 is 10.2 Å². The molecule has 0 aromatic carbocycles. The molecule has 0 radical (unpaired) electrons. The number of piperazine rings is 1. The lowest BCUT2D eigenvalue weighted by Gasteiger charge is -2.30. The van der Waals surface area contributed by atoms with E-state index in [1.54, 1.807) is 0 Å². The van der Waals surface area contributed by atoms with Crippen LogP contribution in [0.1, 0.15) is 0 Å². The molecule has 1 aliphatic rings. The Morgan fingerprint density at radius 3 is 3.36 bits per heavy atom. The van der Waals surface area contributed by atoms with Crippen LogP contribution in [0.25, 0.3) is 0 Å². The molecule has 1 unspecified atom stereocenters. The molecule has 1 aliphatic heterocycles. The van der Waals surface area contributed by atoms with Crippen LogP contribution in [0.2, 0.25) is 0 Å². The normalized spacial score (nSPS) is 23.9. The number of rotatable bonds is 3. The summed E-state index contributed by atoms with van der Waals surface area (Å²) in [6.07, 6.45) is 0. The third-order valence-corrected chi connectivity index (χ3v) is 4.67. The van der Waals surface area contributed by atoms with Gasteiger partial charge in [0.1, 0.15) is 0 Å². The molecule has 0 aliphatic carbocycles. The summed E-state index contributed by atoms with van der Waals surface area (Å²) in [5.41, 5.74) is 0. The van der Waals surface area contributed by atoms with Crippen molar-refractivity contribution < 1.29 is 0 Å². The lowest BCUT2D eigenvalue weighted by Crippen LogP contribution is -2.50. The van der Waals surface area contributed by atoms with E-state index in [0.717, 1.165) is 6.54 Å². The maximum Gasteiger partial charge on any atom is 0.0599 e. The zero-order valence-electron chi connectivity index (χ0n) is 8.40. The fourth-order valence-electron chi connectivity index (χ4n) is 1.63. The molecular formula is C10H16N2S2. The molecule has 0 bridgehead atoms. The second-order valence-corrected chi connectivity index (χ2v) is 5.92. The van der Waals surface area contributed by atoms with Crippen LogP contribution in [0.15, 0.2) is 21.7 Å². The van der Waals surface area contributed by atoms with Crippen molar-refractivity contribution in [3.05, 3.63) is 17.5 Å². The predicted molar refractivity (Wildman–Crippen MR) is 64.3 cm³/mol. The van der Waals surface area contributed by atoms with Gasteiger partial charge in [0.15, 0.2) is 0 Å². The van der Waals surface area contributed by atoms with E-state index in [1.165, 1.54) is 23.1 Å². The molecule has 1 fully saturated rings. The fourth-order valence-corrected chi connectivity index (χ4v) is 3.49. The highest BCUT2D eigenvalue weighted by Crippen LogP contribution is 2.24. The molecule has 0 saturated carbocycles. The number of nitrogens with one attached hydrogen (secondary N) is 1. The summed E-state index contributed by atoms with van der Waals surface area (Å²) in [6, 6.07) is 4.97. The lowest BCUT2D eigenvalue weighted by atomic mass is 10.2. The van der Waals surface area contributed by atoms with E-state index in [-0.39, 0.29) is 0 Å². The van der Waals surface area contributed by atoms with E-state index < -0.39 is 0 Å². The Morgan fingerprint density at radius 1 is 1.71 bits per heavy atom. The molecule has 1 saturated heterocycles. The molecule has 78 valence electrons. The SMILES string of the molecule is CN1CCNC(CSc2cccs2)C1. The molecule has 1 N–H and O–H groups in total. The molecule has 2 rings (SSSR count). The van der Waals surface area contributed by atoms with Crippen molar-refractivity contribution in [1.82, 2.24) is 10.2 Å². The van der Waals surface area contributed by atoms with E-state index in [4.69, 9.17) is 0 Å². The molecule has 2 heterocycles. The van der Waals surface area contributed by atoms with Gasteiger partial charge >= 0.3 is 0 Å². The van der Waals surface area contributed by atoms with Crippen LogP contribution < -0.4 is 5.32 Å². The van der Waals surface area contributed by atoms with Crippen LogP contribution in [0, 0.1) is 0 Å². The molecule has 1 aromatic heterocycles. The van der Waals surface area contributed by atoms with Gasteiger partial charge in [-0.3, -0.25) is 0 Å². The fraction of sp³-hybridized carbons (Fsp3) is 0.600. The first-order valence-corrected chi connectivity index (χ1v) is 6.79. The van der Waals surface area contributed by atoms with Gasteiger partial charge in [-0.25, -0.2) is 0 Å². The summed E-state index contributed by atoms with van der Waals surface area (Å²) in [6.45, 7) is 3.49. The van der Waals surface area contributed by atoms with Crippen molar-refractivity contribution in [1.29, 1.82) is 0 Å². The van der Waals surface area contributed by atoms with Crippen molar-refractivity contribution in [2.75, 3.05) is 32.4 Å². The first kappa shape index (κ1) is 10.5. The average Bonchev–Trinajstić information content (AvgIpc) is 2.67. The van der Waals surface area contributed by atoms with Gasteiger partial charge in [-0.05, 0) is 18.5 Å². The Labute approximate surface area is 93.7 Å². The van der Waals surface area contributed by atoms with Gasteiger partial charge in [0, 0.05) is 31.4 Å².